The molecule has 0 amide bonds. The topological polar surface area (TPSA) is 345 Å². The van der Waals surface area contributed by atoms with Gasteiger partial charge >= 0.3 is 51.2 Å². The third-order valence-corrected chi connectivity index (χ3v) is 0. The van der Waals surface area contributed by atoms with E-state index in [1.165, 1.54) is 0 Å². The summed E-state index contributed by atoms with van der Waals surface area (Å²) < 4.78 is 34.2. The predicted molar refractivity (Wildman–Crippen MR) is 30.4 cm³/mol. The van der Waals surface area contributed by atoms with Crippen LogP contribution in [0.5, 0.6) is 0 Å². The quantitative estimate of drug-likeness (QED) is 0.200. The monoisotopic (exact) mass is 548 g/mol. The first kappa shape index (κ1) is 44.4. The standard InChI is InChI=1S/3Fe.4H3O4P/c;;;4*1-5(2,3)4/h;;;4*(H3,1,2,3,4)/q3*+4;;;;/p-12. The molecule has 0 radical (unpaired) electrons. The molecule has 0 aromatic heterocycles. The van der Waals surface area contributed by atoms with Gasteiger partial charge in [-0.25, -0.2) is 0 Å². The first-order valence-electron chi connectivity index (χ1n) is 2.92. The van der Waals surface area contributed by atoms with Crippen LogP contribution in [0.3, 0.4) is 0 Å². The van der Waals surface area contributed by atoms with Crippen LogP contribution in [0.25, 0.3) is 0 Å². The Kier molecular flexibility index (Phi) is 36.3. The zero-order valence-corrected chi connectivity index (χ0v) is 16.3. The summed E-state index contributed by atoms with van der Waals surface area (Å²) in [6, 6.07) is 0. The maximum atomic E-state index is 8.55. The minimum Gasteiger partial charge on any atom is -0.822 e. The Morgan fingerprint density at radius 2 is 0.304 bits per heavy atom. The summed E-state index contributed by atoms with van der Waals surface area (Å²) in [5.41, 5.74) is 0. The van der Waals surface area contributed by atoms with E-state index in [0.29, 0.717) is 0 Å². The molecule has 0 atom stereocenters. The van der Waals surface area contributed by atoms with Crippen molar-refractivity contribution >= 4 is 31.3 Å². The largest absolute Gasteiger partial charge is 4.00 e. The Labute approximate surface area is 159 Å². The number of hydrogen-bond donors (Lipinski definition) is 0. The summed E-state index contributed by atoms with van der Waals surface area (Å²) in [6.45, 7) is 0. The van der Waals surface area contributed by atoms with E-state index >= 15 is 0 Å². The van der Waals surface area contributed by atoms with Gasteiger partial charge in [0.05, 0.1) is 0 Å². The van der Waals surface area contributed by atoms with Crippen molar-refractivity contribution < 1.29 is 128 Å². The second-order valence-corrected chi connectivity index (χ2v) is 5.37. The van der Waals surface area contributed by atoms with Gasteiger partial charge in [0, 0.05) is 0 Å². The second-order valence-electron chi connectivity index (χ2n) is 1.79. The number of rotatable bonds is 0. The minimum absolute atomic E-state index is 0. The van der Waals surface area contributed by atoms with E-state index in [1.807, 2.05) is 0 Å². The number of phosphoric acid groups is 4. The van der Waals surface area contributed by atoms with Crippen LogP contribution in [0.1, 0.15) is 0 Å². The van der Waals surface area contributed by atoms with Crippen LogP contribution in [0.15, 0.2) is 0 Å². The molecule has 0 aromatic carbocycles. The zero-order valence-electron chi connectivity index (χ0n) is 9.38. The molecule has 140 valence electrons. The van der Waals surface area contributed by atoms with Crippen LogP contribution in [-0.2, 0) is 69.5 Å². The van der Waals surface area contributed by atoms with E-state index in [9.17, 15) is 0 Å². The molecule has 23 heavy (non-hydrogen) atoms. The molecule has 0 aliphatic carbocycles. The SMILES string of the molecule is O=P([O-])([O-])[O-].O=P([O-])([O-])[O-].O=P([O-])([O-])[O-].O=P([O-])([O-])[O-].[Fe+4].[Fe+4].[Fe+4]. The fourth-order valence-electron chi connectivity index (χ4n) is 0. The van der Waals surface area contributed by atoms with Crippen LogP contribution in [-0.4, -0.2) is 0 Å². The van der Waals surface area contributed by atoms with Gasteiger partial charge < -0.3 is 77.0 Å². The van der Waals surface area contributed by atoms with Crippen molar-refractivity contribution in [2.24, 2.45) is 0 Å². The van der Waals surface area contributed by atoms with Crippen LogP contribution in [0.2, 0.25) is 0 Å². The Balaban J connectivity index is -0.0000000284. The molecule has 16 nitrogen and oxygen atoms in total. The fourth-order valence-corrected chi connectivity index (χ4v) is 0. The molecule has 0 aliphatic heterocycles. The minimum atomic E-state index is -5.39. The maximum Gasteiger partial charge on any atom is 4.00 e. The van der Waals surface area contributed by atoms with Gasteiger partial charge in [0.25, 0.3) is 0 Å². The summed E-state index contributed by atoms with van der Waals surface area (Å²) in [5.74, 6) is 0. The van der Waals surface area contributed by atoms with Gasteiger partial charge in [-0.3, -0.25) is 0 Å². The van der Waals surface area contributed by atoms with Crippen molar-refractivity contribution in [3.05, 3.63) is 0 Å². The molecular formula is Fe3O16P4. The molecule has 0 aromatic rings. The van der Waals surface area contributed by atoms with Crippen LogP contribution in [0.4, 0.5) is 0 Å². The molecule has 0 heterocycles. The molecule has 23 heteroatoms. The van der Waals surface area contributed by atoms with Crippen molar-refractivity contribution in [3.8, 4) is 0 Å². The number of hydrogen-bond acceptors (Lipinski definition) is 16. The van der Waals surface area contributed by atoms with Gasteiger partial charge in [0.2, 0.25) is 0 Å². The zero-order chi connectivity index (χ0) is 18.0. The van der Waals surface area contributed by atoms with Gasteiger partial charge in [0.1, 0.15) is 0 Å². The first-order chi connectivity index (χ1) is 8.00. The van der Waals surface area contributed by atoms with E-state index in [4.69, 9.17) is 77.0 Å². The van der Waals surface area contributed by atoms with Crippen molar-refractivity contribution in [3.63, 3.8) is 0 Å². The van der Waals surface area contributed by atoms with E-state index in [2.05, 4.69) is 0 Å². The van der Waals surface area contributed by atoms with E-state index in [0.717, 1.165) is 0 Å². The van der Waals surface area contributed by atoms with E-state index in [-0.39, 0.29) is 51.2 Å². The summed E-state index contributed by atoms with van der Waals surface area (Å²) in [5, 5.41) is 0. The maximum absolute atomic E-state index is 8.55. The molecule has 0 N–H and O–H groups in total. The Bertz CT molecular complexity index is 292. The smallest absolute Gasteiger partial charge is 0.822 e. The van der Waals surface area contributed by atoms with Crippen LogP contribution < -0.4 is 58.7 Å². The van der Waals surface area contributed by atoms with Gasteiger partial charge in [-0.15, -0.1) is 0 Å². The van der Waals surface area contributed by atoms with Crippen molar-refractivity contribution in [2.75, 3.05) is 0 Å². The Hall–Kier alpha value is 2.00. The van der Waals surface area contributed by atoms with Crippen LogP contribution in [0, 0.1) is 0 Å². The van der Waals surface area contributed by atoms with Gasteiger partial charge in [-0.1, -0.05) is 0 Å². The molecule has 0 fully saturated rings. The van der Waals surface area contributed by atoms with Crippen molar-refractivity contribution in [1.82, 2.24) is 0 Å². The second kappa shape index (κ2) is 18.8. The molecule has 0 spiro atoms. The van der Waals surface area contributed by atoms with E-state index < -0.39 is 31.3 Å². The molecule has 0 unspecified atom stereocenters. The molecule has 0 saturated heterocycles. The normalized spacial score (nSPS) is 10.3. The summed E-state index contributed by atoms with van der Waals surface area (Å²) >= 11 is 0. The van der Waals surface area contributed by atoms with E-state index in [1.54, 1.807) is 0 Å². The van der Waals surface area contributed by atoms with Gasteiger partial charge in [0.15, 0.2) is 0 Å². The Morgan fingerprint density at radius 1 is 0.304 bits per heavy atom. The third kappa shape index (κ3) is 2910. The summed E-state index contributed by atoms with van der Waals surface area (Å²) in [4.78, 5) is 103. The Morgan fingerprint density at radius 3 is 0.304 bits per heavy atom. The molecule has 0 bridgehead atoms. The molecule has 0 rings (SSSR count). The third-order valence-electron chi connectivity index (χ3n) is 0. The van der Waals surface area contributed by atoms with Crippen molar-refractivity contribution in [1.29, 1.82) is 0 Å². The first-order valence-corrected chi connectivity index (χ1v) is 8.76. The predicted octanol–water partition coefficient (Wildman–Crippen LogP) is -11.3. The average Bonchev–Trinajstić information content (AvgIpc) is 1.62. The average molecular weight is 547 g/mol. The molecule has 0 aliphatic rings. The van der Waals surface area contributed by atoms with Gasteiger partial charge in [-0.2, -0.15) is 31.3 Å². The fraction of sp³-hybridized carbons (Fsp3) is 0. The summed E-state index contributed by atoms with van der Waals surface area (Å²) in [7, 11) is -21.6. The molecule has 0 saturated carbocycles. The van der Waals surface area contributed by atoms with Crippen LogP contribution >= 0.6 is 31.3 Å². The molecular weight excluding hydrogens is 547 g/mol. The summed E-state index contributed by atoms with van der Waals surface area (Å²) in [6.07, 6.45) is 0. The van der Waals surface area contributed by atoms with Gasteiger partial charge in [-0.05, 0) is 0 Å². The van der Waals surface area contributed by atoms with Crippen molar-refractivity contribution in [2.45, 2.75) is 0 Å².